The summed E-state index contributed by atoms with van der Waals surface area (Å²) in [6.45, 7) is 9.47. The van der Waals surface area contributed by atoms with Crippen molar-refractivity contribution in [2.24, 2.45) is 10.9 Å². The van der Waals surface area contributed by atoms with E-state index in [1.54, 1.807) is 0 Å². The van der Waals surface area contributed by atoms with E-state index in [-0.39, 0.29) is 4.75 Å². The summed E-state index contributed by atoms with van der Waals surface area (Å²) in [6.07, 6.45) is 6.85. The van der Waals surface area contributed by atoms with Gasteiger partial charge in [-0.15, -0.1) is 0 Å². The molecule has 5 heteroatoms. The Kier molecular flexibility index (Phi) is 8.49. The maximum absolute atomic E-state index is 5.49. The van der Waals surface area contributed by atoms with Crippen LogP contribution in [0.5, 0.6) is 0 Å². The Morgan fingerprint density at radius 1 is 1.24 bits per heavy atom. The van der Waals surface area contributed by atoms with E-state index in [1.807, 2.05) is 18.8 Å². The molecule has 1 aliphatic rings. The van der Waals surface area contributed by atoms with Crippen molar-refractivity contribution in [1.82, 2.24) is 10.6 Å². The molecule has 1 rings (SSSR count). The van der Waals surface area contributed by atoms with E-state index < -0.39 is 0 Å². The van der Waals surface area contributed by atoms with Gasteiger partial charge in [0.15, 0.2) is 5.96 Å². The summed E-state index contributed by atoms with van der Waals surface area (Å²) in [5, 5.41) is 7.01. The number of thioether (sulfide) groups is 1. The lowest BCUT2D eigenvalue weighted by Crippen LogP contribution is -2.49. The highest BCUT2D eigenvalue weighted by atomic mass is 32.2. The second-order valence-electron chi connectivity index (χ2n) is 6.44. The Bertz CT molecular complexity index is 315. The van der Waals surface area contributed by atoms with E-state index in [1.165, 1.54) is 12.8 Å². The Hall–Kier alpha value is -0.420. The van der Waals surface area contributed by atoms with Crippen molar-refractivity contribution in [3.05, 3.63) is 0 Å². The van der Waals surface area contributed by atoms with Gasteiger partial charge in [-0.3, -0.25) is 4.99 Å². The third kappa shape index (κ3) is 6.92. The molecule has 0 spiro atoms. The topological polar surface area (TPSA) is 45.7 Å². The summed E-state index contributed by atoms with van der Waals surface area (Å²) >= 11 is 1.95. The Balaban J connectivity index is 2.39. The molecule has 1 fully saturated rings. The van der Waals surface area contributed by atoms with Crippen molar-refractivity contribution >= 4 is 17.7 Å². The van der Waals surface area contributed by atoms with Gasteiger partial charge in [0.05, 0.1) is 0 Å². The molecule has 1 heterocycles. The van der Waals surface area contributed by atoms with Gasteiger partial charge < -0.3 is 15.4 Å². The van der Waals surface area contributed by atoms with E-state index >= 15 is 0 Å². The van der Waals surface area contributed by atoms with Crippen LogP contribution in [0, 0.1) is 5.92 Å². The van der Waals surface area contributed by atoms with Crippen LogP contribution in [0.25, 0.3) is 0 Å². The minimum atomic E-state index is 0.289. The largest absolute Gasteiger partial charge is 0.381 e. The fourth-order valence-corrected chi connectivity index (χ4v) is 3.32. The van der Waals surface area contributed by atoms with Gasteiger partial charge in [-0.2, -0.15) is 11.8 Å². The lowest BCUT2D eigenvalue weighted by Gasteiger charge is -2.36. The zero-order valence-corrected chi connectivity index (χ0v) is 15.2. The predicted molar refractivity (Wildman–Crippen MR) is 94.3 cm³/mol. The molecule has 1 aliphatic heterocycles. The van der Waals surface area contributed by atoms with Gasteiger partial charge >= 0.3 is 0 Å². The number of nitrogens with one attached hydrogen (secondary N) is 2. The average Bonchev–Trinajstić information content (AvgIpc) is 2.50. The molecule has 0 saturated carbocycles. The monoisotopic (exact) mass is 315 g/mol. The molecule has 21 heavy (non-hydrogen) atoms. The third-order valence-corrected chi connectivity index (χ3v) is 5.62. The van der Waals surface area contributed by atoms with E-state index in [2.05, 4.69) is 42.7 Å². The van der Waals surface area contributed by atoms with Gasteiger partial charge in [0, 0.05) is 37.6 Å². The van der Waals surface area contributed by atoms with Gasteiger partial charge in [-0.05, 0) is 44.8 Å². The number of nitrogens with zero attached hydrogens (tertiary/aromatic N) is 1. The number of hydrogen-bond acceptors (Lipinski definition) is 3. The van der Waals surface area contributed by atoms with Gasteiger partial charge in [-0.25, -0.2) is 0 Å². The molecule has 124 valence electrons. The highest BCUT2D eigenvalue weighted by molar-refractivity contribution is 8.00. The van der Waals surface area contributed by atoms with Gasteiger partial charge in [0.2, 0.25) is 0 Å². The van der Waals surface area contributed by atoms with Gasteiger partial charge in [-0.1, -0.05) is 13.8 Å². The molecule has 2 N–H and O–H groups in total. The molecule has 0 aromatic heterocycles. The zero-order chi connectivity index (χ0) is 15.7. The van der Waals surface area contributed by atoms with Crippen molar-refractivity contribution < 1.29 is 4.74 Å². The lowest BCUT2D eigenvalue weighted by molar-refractivity contribution is 0.0782. The summed E-state index contributed by atoms with van der Waals surface area (Å²) in [6, 6.07) is 0.457. The molecule has 4 nitrogen and oxygen atoms in total. The maximum atomic E-state index is 5.49. The molecular weight excluding hydrogens is 282 g/mol. The first-order valence-electron chi connectivity index (χ1n) is 8.11. The van der Waals surface area contributed by atoms with E-state index in [9.17, 15) is 0 Å². The first-order chi connectivity index (χ1) is 10.0. The van der Waals surface area contributed by atoms with Crippen LogP contribution >= 0.6 is 11.8 Å². The molecule has 1 saturated heterocycles. The van der Waals surface area contributed by atoms with E-state index in [0.717, 1.165) is 44.5 Å². The highest BCUT2D eigenvalue weighted by Crippen LogP contribution is 2.32. The summed E-state index contributed by atoms with van der Waals surface area (Å²) in [7, 11) is 1.85. The molecule has 0 aromatic rings. The van der Waals surface area contributed by atoms with Crippen molar-refractivity contribution in [1.29, 1.82) is 0 Å². The number of aliphatic imine (C=N–C) groups is 1. The first kappa shape index (κ1) is 18.6. The van der Waals surface area contributed by atoms with Crippen molar-refractivity contribution in [3.8, 4) is 0 Å². The fourth-order valence-electron chi connectivity index (χ4n) is 2.52. The minimum absolute atomic E-state index is 0.289. The standard InChI is InChI=1S/C16H33N3OS/c1-13(2)6-7-14(3)19-15(17-4)18-12-16(21-5)8-10-20-11-9-16/h13-14H,6-12H2,1-5H3,(H2,17,18,19). The van der Waals surface area contributed by atoms with Gasteiger partial charge in [0.25, 0.3) is 0 Å². The van der Waals surface area contributed by atoms with Crippen LogP contribution < -0.4 is 10.6 Å². The average molecular weight is 316 g/mol. The molecular formula is C16H33N3OS. The van der Waals surface area contributed by atoms with Crippen molar-refractivity contribution in [2.75, 3.05) is 33.1 Å². The van der Waals surface area contributed by atoms with Crippen LogP contribution in [0.3, 0.4) is 0 Å². The number of rotatable bonds is 7. The maximum Gasteiger partial charge on any atom is 0.191 e. The predicted octanol–water partition coefficient (Wildman–Crippen LogP) is 2.89. The minimum Gasteiger partial charge on any atom is -0.381 e. The fraction of sp³-hybridized carbons (Fsp3) is 0.938. The number of hydrogen-bond donors (Lipinski definition) is 2. The Labute approximate surface area is 134 Å². The number of ether oxygens (including phenoxy) is 1. The second-order valence-corrected chi connectivity index (χ2v) is 7.72. The summed E-state index contributed by atoms with van der Waals surface area (Å²) < 4.78 is 5.78. The quantitative estimate of drug-likeness (QED) is 0.560. The van der Waals surface area contributed by atoms with Crippen LogP contribution in [0.1, 0.15) is 46.5 Å². The normalized spacial score (nSPS) is 20.4. The zero-order valence-electron chi connectivity index (χ0n) is 14.4. The molecule has 1 unspecified atom stereocenters. The van der Waals surface area contributed by atoms with Crippen molar-refractivity contribution in [2.45, 2.75) is 57.2 Å². The molecule has 0 amide bonds. The van der Waals surface area contributed by atoms with Crippen molar-refractivity contribution in [3.63, 3.8) is 0 Å². The SMILES string of the molecule is CN=C(NCC1(SC)CCOCC1)NC(C)CCC(C)C. The summed E-state index contributed by atoms with van der Waals surface area (Å²) in [5.74, 6) is 1.68. The van der Waals surface area contributed by atoms with Crippen LogP contribution in [-0.2, 0) is 4.74 Å². The molecule has 0 bridgehead atoms. The smallest absolute Gasteiger partial charge is 0.191 e. The summed E-state index contributed by atoms with van der Waals surface area (Å²) in [5.41, 5.74) is 0. The Morgan fingerprint density at radius 3 is 2.43 bits per heavy atom. The molecule has 1 atom stereocenters. The van der Waals surface area contributed by atoms with E-state index in [0.29, 0.717) is 6.04 Å². The van der Waals surface area contributed by atoms with Crippen LogP contribution in [0.4, 0.5) is 0 Å². The van der Waals surface area contributed by atoms with Crippen LogP contribution in [0.2, 0.25) is 0 Å². The third-order valence-electron chi connectivity index (χ3n) is 4.20. The molecule has 0 radical (unpaired) electrons. The first-order valence-corrected chi connectivity index (χ1v) is 9.34. The lowest BCUT2D eigenvalue weighted by atomic mass is 9.99. The van der Waals surface area contributed by atoms with Crippen LogP contribution in [-0.4, -0.2) is 49.8 Å². The van der Waals surface area contributed by atoms with Gasteiger partial charge in [0.1, 0.15) is 0 Å². The molecule has 0 aromatic carbocycles. The number of guanidine groups is 1. The Morgan fingerprint density at radius 2 is 1.90 bits per heavy atom. The summed E-state index contributed by atoms with van der Waals surface area (Å²) in [4.78, 5) is 4.36. The highest BCUT2D eigenvalue weighted by Gasteiger charge is 2.31. The molecule has 0 aliphatic carbocycles. The van der Waals surface area contributed by atoms with E-state index in [4.69, 9.17) is 4.74 Å². The van der Waals surface area contributed by atoms with Crippen LogP contribution in [0.15, 0.2) is 4.99 Å². The second kappa shape index (κ2) is 9.57.